The number of hydrogen-bond acceptors (Lipinski definition) is 5. The summed E-state index contributed by atoms with van der Waals surface area (Å²) in [6.07, 6.45) is 7.82. The van der Waals surface area contributed by atoms with Crippen LogP contribution in [-0.4, -0.2) is 63.2 Å². The molecule has 1 saturated carbocycles. The Bertz CT molecular complexity index is 1250. The van der Waals surface area contributed by atoms with Crippen molar-refractivity contribution in [2.24, 2.45) is 5.92 Å². The first kappa shape index (κ1) is 21.4. The second kappa shape index (κ2) is 8.81. The third kappa shape index (κ3) is 4.54. The number of piperidine rings is 1. The number of benzene rings is 1. The summed E-state index contributed by atoms with van der Waals surface area (Å²) >= 11 is 0. The number of aromatic amines is 1. The van der Waals surface area contributed by atoms with Gasteiger partial charge in [0.15, 0.2) is 0 Å². The maximum absolute atomic E-state index is 12.3. The molecule has 0 radical (unpaired) electrons. The highest BCUT2D eigenvalue weighted by Gasteiger charge is 2.35. The van der Waals surface area contributed by atoms with Gasteiger partial charge in [-0.15, -0.1) is 0 Å². The molecule has 1 aromatic carbocycles. The zero-order valence-corrected chi connectivity index (χ0v) is 18.9. The Morgan fingerprint density at radius 1 is 1.21 bits per heavy atom. The molecule has 33 heavy (non-hydrogen) atoms. The van der Waals surface area contributed by atoms with E-state index in [1.54, 1.807) is 17.2 Å². The molecule has 3 aromatic rings. The highest BCUT2D eigenvalue weighted by molar-refractivity contribution is 6.02. The third-order valence-corrected chi connectivity index (χ3v) is 6.80. The van der Waals surface area contributed by atoms with Crippen LogP contribution in [0.5, 0.6) is 0 Å². The first-order chi connectivity index (χ1) is 16.0. The number of carbonyl (C=O) groups is 2. The van der Waals surface area contributed by atoms with E-state index in [1.165, 1.54) is 19.3 Å². The lowest BCUT2D eigenvalue weighted by Crippen LogP contribution is -2.31. The lowest BCUT2D eigenvalue weighted by Gasteiger charge is -2.21. The van der Waals surface area contributed by atoms with Gasteiger partial charge < -0.3 is 14.8 Å². The topological polar surface area (TPSA) is 106 Å². The number of carbonyl (C=O) groups excluding carboxylic acids is 2. The van der Waals surface area contributed by atoms with Gasteiger partial charge in [0.1, 0.15) is 5.82 Å². The van der Waals surface area contributed by atoms with Crippen molar-refractivity contribution in [2.75, 3.05) is 26.7 Å². The van der Waals surface area contributed by atoms with Crippen molar-refractivity contribution in [1.29, 1.82) is 5.26 Å². The number of aromatic nitrogens is 3. The van der Waals surface area contributed by atoms with Crippen LogP contribution in [0.2, 0.25) is 0 Å². The van der Waals surface area contributed by atoms with Gasteiger partial charge >= 0.3 is 0 Å². The van der Waals surface area contributed by atoms with Gasteiger partial charge in [0.05, 0.1) is 34.4 Å². The number of amides is 2. The molecule has 1 atom stereocenters. The van der Waals surface area contributed by atoms with Crippen molar-refractivity contribution in [3.05, 3.63) is 35.8 Å². The summed E-state index contributed by atoms with van der Waals surface area (Å²) in [6, 6.07) is 7.60. The normalized spacial score (nSPS) is 20.8. The van der Waals surface area contributed by atoms with Crippen LogP contribution < -0.4 is 0 Å². The van der Waals surface area contributed by atoms with Gasteiger partial charge in [-0.05, 0) is 49.8 Å². The van der Waals surface area contributed by atoms with Crippen LogP contribution in [0.25, 0.3) is 21.9 Å². The van der Waals surface area contributed by atoms with E-state index in [9.17, 15) is 9.59 Å². The second-order valence-electron chi connectivity index (χ2n) is 9.40. The van der Waals surface area contributed by atoms with Crippen molar-refractivity contribution in [3.63, 3.8) is 0 Å². The van der Waals surface area contributed by atoms with Crippen LogP contribution in [0.15, 0.2) is 24.4 Å². The van der Waals surface area contributed by atoms with Gasteiger partial charge in [0.2, 0.25) is 11.8 Å². The number of nitriles is 1. The molecule has 2 amide bonds. The molecule has 0 bridgehead atoms. The molecule has 1 N–H and O–H groups in total. The van der Waals surface area contributed by atoms with E-state index in [4.69, 9.17) is 10.2 Å². The quantitative estimate of drug-likeness (QED) is 0.667. The van der Waals surface area contributed by atoms with Gasteiger partial charge in [0.25, 0.3) is 0 Å². The fraction of sp³-hybridized carbons (Fsp3) is 0.480. The molecular weight excluding hydrogens is 416 g/mol. The zero-order valence-electron chi connectivity index (χ0n) is 18.9. The average molecular weight is 445 g/mol. The zero-order chi connectivity index (χ0) is 22.9. The number of likely N-dealkylation sites (tertiary alicyclic amines) is 2. The van der Waals surface area contributed by atoms with Crippen LogP contribution in [-0.2, 0) is 9.59 Å². The Labute approximate surface area is 192 Å². The van der Waals surface area contributed by atoms with Gasteiger partial charge in [-0.2, -0.15) is 5.26 Å². The van der Waals surface area contributed by atoms with Crippen LogP contribution in [0.4, 0.5) is 0 Å². The van der Waals surface area contributed by atoms with E-state index in [-0.39, 0.29) is 11.8 Å². The first-order valence-electron chi connectivity index (χ1n) is 11.7. The Balaban J connectivity index is 0.000000243. The molecule has 3 fully saturated rings. The summed E-state index contributed by atoms with van der Waals surface area (Å²) < 4.78 is 0. The summed E-state index contributed by atoms with van der Waals surface area (Å²) in [4.78, 5) is 39.3. The van der Waals surface area contributed by atoms with E-state index in [2.05, 4.69) is 16.0 Å². The minimum absolute atomic E-state index is 0.104. The number of rotatable bonds is 3. The fourth-order valence-corrected chi connectivity index (χ4v) is 4.62. The smallest absolute Gasteiger partial charge is 0.223 e. The molecule has 1 aliphatic carbocycles. The molecule has 3 aliphatic rings. The van der Waals surface area contributed by atoms with Gasteiger partial charge in [0, 0.05) is 50.8 Å². The molecule has 2 saturated heterocycles. The first-order valence-corrected chi connectivity index (χ1v) is 11.7. The number of imidazole rings is 1. The van der Waals surface area contributed by atoms with Gasteiger partial charge in [-0.3, -0.25) is 14.6 Å². The molecule has 2 aromatic heterocycles. The molecule has 8 heteroatoms. The van der Waals surface area contributed by atoms with Crippen LogP contribution in [0.3, 0.4) is 0 Å². The lowest BCUT2D eigenvalue weighted by molar-refractivity contribution is -0.131. The summed E-state index contributed by atoms with van der Waals surface area (Å²) in [5, 5.41) is 10.0. The van der Waals surface area contributed by atoms with Gasteiger partial charge in [-0.25, -0.2) is 4.98 Å². The predicted octanol–water partition coefficient (Wildman–Crippen LogP) is 3.34. The number of nitrogens with one attached hydrogen (secondary N) is 1. The Morgan fingerprint density at radius 3 is 2.76 bits per heavy atom. The van der Waals surface area contributed by atoms with Crippen molar-refractivity contribution in [2.45, 2.75) is 44.4 Å². The van der Waals surface area contributed by atoms with Crippen LogP contribution in [0.1, 0.15) is 55.8 Å². The molecule has 0 spiro atoms. The SMILES string of the molecule is CN1CCCCC1=O.N#Cc1ccc2ncc3[nH]c(C4CC(=O)N(CC5CC5)C4)nc3c2c1. The van der Waals surface area contributed by atoms with Crippen molar-refractivity contribution < 1.29 is 9.59 Å². The summed E-state index contributed by atoms with van der Waals surface area (Å²) in [6.45, 7) is 2.59. The minimum atomic E-state index is 0.104. The second-order valence-corrected chi connectivity index (χ2v) is 9.40. The molecule has 4 heterocycles. The molecule has 170 valence electrons. The maximum atomic E-state index is 12.3. The monoisotopic (exact) mass is 444 g/mol. The maximum Gasteiger partial charge on any atom is 0.223 e. The minimum Gasteiger partial charge on any atom is -0.346 e. The largest absolute Gasteiger partial charge is 0.346 e. The fourth-order valence-electron chi connectivity index (χ4n) is 4.62. The Kier molecular flexibility index (Phi) is 5.71. The Morgan fingerprint density at radius 2 is 2.06 bits per heavy atom. The molecular formula is C25H28N6O2. The highest BCUT2D eigenvalue weighted by atomic mass is 16.2. The average Bonchev–Trinajstić information content (AvgIpc) is 3.41. The highest BCUT2D eigenvalue weighted by Crippen LogP contribution is 2.34. The van der Waals surface area contributed by atoms with Crippen molar-refractivity contribution in [3.8, 4) is 6.07 Å². The van der Waals surface area contributed by atoms with E-state index in [0.717, 1.165) is 60.2 Å². The van der Waals surface area contributed by atoms with Gasteiger partial charge in [-0.1, -0.05) is 0 Å². The van der Waals surface area contributed by atoms with E-state index < -0.39 is 0 Å². The van der Waals surface area contributed by atoms with Crippen molar-refractivity contribution >= 4 is 33.8 Å². The molecule has 1 unspecified atom stereocenters. The predicted molar refractivity (Wildman–Crippen MR) is 124 cm³/mol. The number of hydrogen-bond donors (Lipinski definition) is 1. The van der Waals surface area contributed by atoms with E-state index in [0.29, 0.717) is 23.8 Å². The lowest BCUT2D eigenvalue weighted by atomic mass is 10.1. The Hall–Kier alpha value is -3.47. The van der Waals surface area contributed by atoms with Crippen molar-refractivity contribution in [1.82, 2.24) is 24.8 Å². The third-order valence-electron chi connectivity index (χ3n) is 6.80. The summed E-state index contributed by atoms with van der Waals surface area (Å²) in [5.41, 5.74) is 3.09. The van der Waals surface area contributed by atoms with Crippen LogP contribution in [0, 0.1) is 17.2 Å². The summed E-state index contributed by atoms with van der Waals surface area (Å²) in [7, 11) is 1.86. The number of pyridine rings is 1. The standard InChI is InChI=1S/C19H17N5O.C6H11NO/c20-7-12-3-4-15-14(5-12)18-16(8-21-15)22-19(23-18)13-6-17(25)24(10-13)9-11-1-2-11;1-7-5-3-2-4-6(7)8/h3-5,8,11,13H,1-2,6,9-10H2,(H,22,23);2-5H2,1H3. The number of H-pyrrole nitrogens is 1. The molecule has 6 rings (SSSR count). The molecule has 2 aliphatic heterocycles. The van der Waals surface area contributed by atoms with E-state index >= 15 is 0 Å². The van der Waals surface area contributed by atoms with Crippen LogP contribution >= 0.6 is 0 Å². The number of fused-ring (bicyclic) bond motifs is 3. The molecule has 8 nitrogen and oxygen atoms in total. The number of nitrogens with zero attached hydrogens (tertiary/aromatic N) is 5. The summed E-state index contributed by atoms with van der Waals surface area (Å²) in [5.74, 6) is 2.19. The van der Waals surface area contributed by atoms with E-state index in [1.807, 2.05) is 24.1 Å².